The van der Waals surface area contributed by atoms with Gasteiger partial charge in [0.2, 0.25) is 0 Å². The zero-order valence-electron chi connectivity index (χ0n) is 20.0. The maximum absolute atomic E-state index is 14.6. The number of piperidine rings is 1. The van der Waals surface area contributed by atoms with E-state index in [1.807, 2.05) is 6.07 Å². The summed E-state index contributed by atoms with van der Waals surface area (Å²) in [5.41, 5.74) is 0.464. The lowest BCUT2D eigenvalue weighted by Gasteiger charge is -2.36. The van der Waals surface area contributed by atoms with Crippen LogP contribution in [0.3, 0.4) is 0 Å². The summed E-state index contributed by atoms with van der Waals surface area (Å²) in [7, 11) is 1.49. The lowest BCUT2D eigenvalue weighted by molar-refractivity contribution is -0.146. The number of Topliss-reactive ketones (excluding diaryl/α,β-unsaturated/α-hetero) is 1. The van der Waals surface area contributed by atoms with Gasteiger partial charge in [0.25, 0.3) is 0 Å². The number of carbonyl (C=O) groups excluding carboxylic acids is 1. The second-order valence-electron chi connectivity index (χ2n) is 8.93. The number of carboxylic acids is 1. The van der Waals surface area contributed by atoms with E-state index in [1.54, 1.807) is 24.3 Å². The topological polar surface area (TPSA) is 79.7 Å². The maximum Gasteiger partial charge on any atom is 0.308 e. The summed E-state index contributed by atoms with van der Waals surface area (Å²) in [6.45, 7) is 1.80. The van der Waals surface area contributed by atoms with Gasteiger partial charge in [-0.25, -0.2) is 8.78 Å². The summed E-state index contributed by atoms with van der Waals surface area (Å²) >= 11 is 1.53. The summed E-state index contributed by atoms with van der Waals surface area (Å²) < 4.78 is 33.2. The van der Waals surface area contributed by atoms with E-state index < -0.39 is 17.7 Å². The number of aliphatic carboxylic acids is 1. The van der Waals surface area contributed by atoms with Crippen molar-refractivity contribution in [3.63, 3.8) is 0 Å². The normalized spacial score (nSPS) is 18.3. The summed E-state index contributed by atoms with van der Waals surface area (Å²) in [5, 5.41) is 10.2. The number of carboxylic acid groups (broad SMARTS) is 1. The van der Waals surface area contributed by atoms with Gasteiger partial charge in [-0.05, 0) is 61.7 Å². The number of hydrogen-bond donors (Lipinski definition) is 1. The molecule has 2 aromatic carbocycles. The highest BCUT2D eigenvalue weighted by Gasteiger charge is 2.34. The van der Waals surface area contributed by atoms with Crippen molar-refractivity contribution in [3.8, 4) is 5.75 Å². The zero-order valence-corrected chi connectivity index (χ0v) is 20.8. The Morgan fingerprint density at radius 2 is 2.06 bits per heavy atom. The molecule has 0 unspecified atom stereocenters. The lowest BCUT2D eigenvalue weighted by Crippen LogP contribution is -2.44. The second-order valence-corrected chi connectivity index (χ2v) is 10.1. The third-order valence-electron chi connectivity index (χ3n) is 6.68. The zero-order chi connectivity index (χ0) is 25.7. The van der Waals surface area contributed by atoms with Gasteiger partial charge >= 0.3 is 5.97 Å². The Morgan fingerprint density at radius 3 is 2.81 bits per heavy atom. The number of ketones is 1. The standard InChI is InChI=1S/C27H28F2N2O4S/c1-35-19-6-7-24-21(14-19)26(23(29)15-30-24)25(32)8-5-17-9-10-31(16-22(17)27(33)34)11-12-36-20-4-2-3-18(28)13-20/h2-4,6-7,13-15,17,22H,5,8-12,16H2,1H3,(H,33,34)/t17-,22+/m0/s1. The molecule has 190 valence electrons. The highest BCUT2D eigenvalue weighted by Crippen LogP contribution is 2.31. The molecule has 1 aliphatic heterocycles. The predicted octanol–water partition coefficient (Wildman–Crippen LogP) is 5.30. The molecule has 1 aromatic heterocycles. The minimum atomic E-state index is -0.889. The molecule has 1 saturated heterocycles. The second kappa shape index (κ2) is 11.8. The monoisotopic (exact) mass is 514 g/mol. The Kier molecular flexibility index (Phi) is 8.53. The van der Waals surface area contributed by atoms with Gasteiger partial charge in [-0.3, -0.25) is 14.6 Å². The summed E-state index contributed by atoms with van der Waals surface area (Å²) in [6, 6.07) is 11.4. The molecule has 36 heavy (non-hydrogen) atoms. The van der Waals surface area contributed by atoms with E-state index in [9.17, 15) is 23.5 Å². The Morgan fingerprint density at radius 1 is 1.22 bits per heavy atom. The lowest BCUT2D eigenvalue weighted by atomic mass is 9.81. The van der Waals surface area contributed by atoms with E-state index in [4.69, 9.17) is 4.74 Å². The molecular weight excluding hydrogens is 486 g/mol. The van der Waals surface area contributed by atoms with E-state index >= 15 is 0 Å². The molecule has 0 amide bonds. The summed E-state index contributed by atoms with van der Waals surface area (Å²) in [5.74, 6) is -1.80. The van der Waals surface area contributed by atoms with Gasteiger partial charge in [0.1, 0.15) is 11.6 Å². The number of fused-ring (bicyclic) bond motifs is 1. The van der Waals surface area contributed by atoms with Gasteiger partial charge in [0.05, 0.1) is 30.3 Å². The van der Waals surface area contributed by atoms with Crippen molar-refractivity contribution in [2.24, 2.45) is 11.8 Å². The van der Waals surface area contributed by atoms with Crippen LogP contribution in [0.2, 0.25) is 0 Å². The van der Waals surface area contributed by atoms with Crippen molar-refractivity contribution in [2.75, 3.05) is 32.5 Å². The number of rotatable bonds is 10. The number of halogens is 2. The molecule has 0 radical (unpaired) electrons. The highest BCUT2D eigenvalue weighted by atomic mass is 32.2. The van der Waals surface area contributed by atoms with E-state index in [2.05, 4.69) is 9.88 Å². The number of thioether (sulfide) groups is 1. The molecule has 9 heteroatoms. The first-order chi connectivity index (χ1) is 17.4. The molecule has 0 bridgehead atoms. The first-order valence-corrected chi connectivity index (χ1v) is 12.8. The van der Waals surface area contributed by atoms with Crippen molar-refractivity contribution in [1.82, 2.24) is 9.88 Å². The van der Waals surface area contributed by atoms with E-state index in [-0.39, 0.29) is 29.5 Å². The smallest absolute Gasteiger partial charge is 0.308 e. The number of hydrogen-bond acceptors (Lipinski definition) is 6. The molecule has 0 saturated carbocycles. The molecule has 6 nitrogen and oxygen atoms in total. The number of ether oxygens (including phenoxy) is 1. The highest BCUT2D eigenvalue weighted by molar-refractivity contribution is 7.99. The number of pyridine rings is 1. The summed E-state index contributed by atoms with van der Waals surface area (Å²) in [6.07, 6.45) is 2.11. The predicted molar refractivity (Wildman–Crippen MR) is 135 cm³/mol. The average molecular weight is 515 g/mol. The van der Waals surface area contributed by atoms with Gasteiger partial charge in [-0.1, -0.05) is 6.07 Å². The van der Waals surface area contributed by atoms with Crippen LogP contribution in [0.15, 0.2) is 53.6 Å². The van der Waals surface area contributed by atoms with Crippen LogP contribution in [0.4, 0.5) is 8.78 Å². The SMILES string of the molecule is COc1ccc2ncc(F)c(C(=O)CC[C@H]3CCN(CCSc4cccc(F)c4)C[C@H]3C(=O)O)c2c1. The molecule has 3 aromatic rings. The minimum absolute atomic E-state index is 0.0300. The molecule has 1 fully saturated rings. The Labute approximate surface area is 212 Å². The van der Waals surface area contributed by atoms with E-state index in [0.717, 1.165) is 23.4 Å². The van der Waals surface area contributed by atoms with Crippen LogP contribution in [-0.4, -0.2) is 59.2 Å². The Hall–Kier alpha value is -3.04. The van der Waals surface area contributed by atoms with Crippen LogP contribution >= 0.6 is 11.8 Å². The van der Waals surface area contributed by atoms with Gasteiger partial charge in [-0.15, -0.1) is 11.8 Å². The third-order valence-corrected chi connectivity index (χ3v) is 7.65. The van der Waals surface area contributed by atoms with Crippen molar-refractivity contribution in [1.29, 1.82) is 0 Å². The quantitative estimate of drug-likeness (QED) is 0.291. The van der Waals surface area contributed by atoms with Gasteiger partial charge in [0, 0.05) is 35.5 Å². The van der Waals surface area contributed by atoms with Gasteiger partial charge in [-0.2, -0.15) is 0 Å². The molecule has 2 heterocycles. The average Bonchev–Trinajstić information content (AvgIpc) is 2.87. The Balaban J connectivity index is 1.36. The number of aromatic nitrogens is 1. The number of benzene rings is 2. The minimum Gasteiger partial charge on any atom is -0.497 e. The first-order valence-electron chi connectivity index (χ1n) is 11.8. The first kappa shape index (κ1) is 26.0. The molecule has 1 N–H and O–H groups in total. The number of carbonyl (C=O) groups is 2. The van der Waals surface area contributed by atoms with Crippen LogP contribution in [0.1, 0.15) is 29.6 Å². The molecule has 0 aliphatic carbocycles. The molecular formula is C27H28F2N2O4S. The van der Waals surface area contributed by atoms with E-state index in [1.165, 1.54) is 31.0 Å². The van der Waals surface area contributed by atoms with E-state index in [0.29, 0.717) is 42.6 Å². The van der Waals surface area contributed by atoms with Crippen molar-refractivity contribution in [2.45, 2.75) is 24.2 Å². The molecule has 2 atom stereocenters. The van der Waals surface area contributed by atoms with Gasteiger partial charge < -0.3 is 14.7 Å². The number of nitrogens with zero attached hydrogens (tertiary/aromatic N) is 2. The van der Waals surface area contributed by atoms with Crippen LogP contribution in [0, 0.1) is 23.5 Å². The fraction of sp³-hybridized carbons (Fsp3) is 0.370. The van der Waals surface area contributed by atoms with Crippen LogP contribution in [-0.2, 0) is 4.79 Å². The summed E-state index contributed by atoms with van der Waals surface area (Å²) in [4.78, 5) is 32.1. The molecule has 4 rings (SSSR count). The number of methoxy groups -OCH3 is 1. The molecule has 1 aliphatic rings. The molecule has 0 spiro atoms. The fourth-order valence-corrected chi connectivity index (χ4v) is 5.70. The van der Waals surface area contributed by atoms with Crippen LogP contribution in [0.25, 0.3) is 10.9 Å². The van der Waals surface area contributed by atoms with Crippen LogP contribution < -0.4 is 4.74 Å². The van der Waals surface area contributed by atoms with Crippen molar-refractivity contribution >= 4 is 34.4 Å². The Bertz CT molecular complexity index is 1260. The van der Waals surface area contributed by atoms with Crippen LogP contribution in [0.5, 0.6) is 5.75 Å². The van der Waals surface area contributed by atoms with Crippen molar-refractivity contribution < 1.29 is 28.2 Å². The number of likely N-dealkylation sites (tertiary alicyclic amines) is 1. The fourth-order valence-electron chi connectivity index (χ4n) is 4.75. The third kappa shape index (κ3) is 6.20. The van der Waals surface area contributed by atoms with Gasteiger partial charge in [0.15, 0.2) is 11.6 Å². The van der Waals surface area contributed by atoms with Crippen molar-refractivity contribution in [3.05, 3.63) is 65.9 Å². The maximum atomic E-state index is 14.6. The largest absolute Gasteiger partial charge is 0.497 e.